The van der Waals surface area contributed by atoms with Gasteiger partial charge in [0.25, 0.3) is 5.91 Å². The summed E-state index contributed by atoms with van der Waals surface area (Å²) in [6, 6.07) is 18.7. The van der Waals surface area contributed by atoms with E-state index in [1.165, 1.54) is 6.08 Å². The van der Waals surface area contributed by atoms with Crippen LogP contribution in [0.15, 0.2) is 72.8 Å². The Bertz CT molecular complexity index is 1130. The van der Waals surface area contributed by atoms with Gasteiger partial charge in [0.15, 0.2) is 11.4 Å². The molecule has 32 heavy (non-hydrogen) atoms. The third-order valence-electron chi connectivity index (χ3n) is 4.56. The van der Waals surface area contributed by atoms with Crippen LogP contribution in [0.3, 0.4) is 0 Å². The van der Waals surface area contributed by atoms with Crippen molar-refractivity contribution in [3.8, 4) is 5.75 Å². The van der Waals surface area contributed by atoms with Crippen LogP contribution in [0, 0.1) is 0 Å². The van der Waals surface area contributed by atoms with Gasteiger partial charge in [-0.3, -0.25) is 9.59 Å². The number of hydrogen-bond acceptors (Lipinski definition) is 3. The molecule has 0 atom stereocenters. The molecular weight excluding hydrogens is 469 g/mol. The first-order chi connectivity index (χ1) is 15.2. The van der Waals surface area contributed by atoms with Crippen LogP contribution in [0.25, 0.3) is 6.08 Å². The number of para-hydroxylation sites is 1. The number of benzene rings is 3. The summed E-state index contributed by atoms with van der Waals surface area (Å²) in [5, 5.41) is 3.97. The Morgan fingerprint density at radius 3 is 2.06 bits per heavy atom. The van der Waals surface area contributed by atoms with Crippen LogP contribution >= 0.6 is 34.8 Å². The van der Waals surface area contributed by atoms with Crippen molar-refractivity contribution < 1.29 is 14.3 Å². The average molecular weight is 489 g/mol. The fourth-order valence-electron chi connectivity index (χ4n) is 2.75. The summed E-state index contributed by atoms with van der Waals surface area (Å²) in [7, 11) is 0. The van der Waals surface area contributed by atoms with E-state index < -0.39 is 11.5 Å². The van der Waals surface area contributed by atoms with Crippen molar-refractivity contribution in [2.24, 2.45) is 0 Å². The van der Waals surface area contributed by atoms with Crippen molar-refractivity contribution >= 4 is 58.3 Å². The number of hydrogen-bond donors (Lipinski definition) is 1. The Morgan fingerprint density at radius 1 is 0.875 bits per heavy atom. The molecule has 164 valence electrons. The number of allylic oxidation sites excluding steroid dienone is 1. The molecule has 0 unspecified atom stereocenters. The molecule has 0 aromatic heterocycles. The molecule has 0 heterocycles. The van der Waals surface area contributed by atoms with E-state index in [0.717, 1.165) is 5.56 Å². The molecule has 0 saturated heterocycles. The normalized spacial score (nSPS) is 11.4. The average Bonchev–Trinajstić information content (AvgIpc) is 2.76. The number of ketones is 1. The second-order valence-electron chi connectivity index (χ2n) is 7.44. The second-order valence-corrected chi connectivity index (χ2v) is 8.69. The predicted octanol–water partition coefficient (Wildman–Crippen LogP) is 7.34. The second kappa shape index (κ2) is 10.2. The number of nitrogens with one attached hydrogen (secondary N) is 1. The molecule has 7 heteroatoms. The number of carbonyl (C=O) groups excluding carboxylic acids is 2. The first kappa shape index (κ1) is 23.9. The SMILES string of the molecule is CC(C)(Oc1ccc(/C=C/C(=O)c2ccc(Cl)cc2)cc1)C(=O)Nc1c(Cl)cccc1Cl. The monoisotopic (exact) mass is 487 g/mol. The van der Waals surface area contributed by atoms with Crippen LogP contribution in [-0.2, 0) is 4.79 Å². The highest BCUT2D eigenvalue weighted by Crippen LogP contribution is 2.31. The third-order valence-corrected chi connectivity index (χ3v) is 5.44. The highest BCUT2D eigenvalue weighted by molar-refractivity contribution is 6.39. The zero-order valence-electron chi connectivity index (χ0n) is 17.4. The van der Waals surface area contributed by atoms with Gasteiger partial charge < -0.3 is 10.1 Å². The van der Waals surface area contributed by atoms with Crippen LogP contribution in [0.5, 0.6) is 5.75 Å². The quantitative estimate of drug-likeness (QED) is 0.279. The molecule has 4 nitrogen and oxygen atoms in total. The molecule has 0 aliphatic heterocycles. The lowest BCUT2D eigenvalue weighted by atomic mass is 10.1. The maximum absolute atomic E-state index is 12.7. The third kappa shape index (κ3) is 6.13. The maximum Gasteiger partial charge on any atom is 0.268 e. The zero-order chi connectivity index (χ0) is 23.3. The van der Waals surface area contributed by atoms with Crippen LogP contribution in [-0.4, -0.2) is 17.3 Å². The van der Waals surface area contributed by atoms with E-state index in [1.54, 1.807) is 86.7 Å². The minimum absolute atomic E-state index is 0.127. The summed E-state index contributed by atoms with van der Waals surface area (Å²) in [6.07, 6.45) is 3.20. The minimum Gasteiger partial charge on any atom is -0.478 e. The van der Waals surface area contributed by atoms with Crippen molar-refractivity contribution in [1.29, 1.82) is 0 Å². The van der Waals surface area contributed by atoms with Crippen molar-refractivity contribution in [2.45, 2.75) is 19.4 Å². The molecule has 1 amide bonds. The zero-order valence-corrected chi connectivity index (χ0v) is 19.6. The first-order valence-corrected chi connectivity index (χ1v) is 10.8. The van der Waals surface area contributed by atoms with Crippen LogP contribution in [0.1, 0.15) is 29.8 Å². The van der Waals surface area contributed by atoms with Gasteiger partial charge in [0.2, 0.25) is 0 Å². The predicted molar refractivity (Wildman–Crippen MR) is 131 cm³/mol. The Morgan fingerprint density at radius 2 is 1.47 bits per heavy atom. The fourth-order valence-corrected chi connectivity index (χ4v) is 3.37. The number of ether oxygens (including phenoxy) is 1. The molecule has 0 bridgehead atoms. The summed E-state index contributed by atoms with van der Waals surface area (Å²) in [4.78, 5) is 25.0. The van der Waals surface area contributed by atoms with Gasteiger partial charge in [0.1, 0.15) is 5.75 Å². The van der Waals surface area contributed by atoms with E-state index in [9.17, 15) is 9.59 Å². The Kier molecular flexibility index (Phi) is 7.62. The number of anilines is 1. The van der Waals surface area contributed by atoms with Gasteiger partial charge in [-0.1, -0.05) is 59.1 Å². The van der Waals surface area contributed by atoms with E-state index in [1.807, 2.05) is 0 Å². The number of amides is 1. The number of halogens is 3. The Balaban J connectivity index is 1.64. The highest BCUT2D eigenvalue weighted by atomic mass is 35.5. The molecule has 1 N–H and O–H groups in total. The Hall–Kier alpha value is -2.79. The summed E-state index contributed by atoms with van der Waals surface area (Å²) in [6.45, 7) is 3.29. The topological polar surface area (TPSA) is 55.4 Å². The molecule has 0 radical (unpaired) electrons. The summed E-state index contributed by atoms with van der Waals surface area (Å²) in [5.74, 6) is -0.0281. The Labute approximate surface area is 201 Å². The smallest absolute Gasteiger partial charge is 0.268 e. The van der Waals surface area contributed by atoms with Crippen LogP contribution in [0.4, 0.5) is 5.69 Å². The molecule has 0 aliphatic carbocycles. The van der Waals surface area contributed by atoms with Gasteiger partial charge in [-0.25, -0.2) is 0 Å². The van der Waals surface area contributed by atoms with E-state index in [4.69, 9.17) is 39.5 Å². The van der Waals surface area contributed by atoms with Crippen molar-refractivity contribution in [1.82, 2.24) is 0 Å². The summed E-state index contributed by atoms with van der Waals surface area (Å²) >= 11 is 18.1. The van der Waals surface area contributed by atoms with Gasteiger partial charge in [-0.15, -0.1) is 0 Å². The van der Waals surface area contributed by atoms with Crippen LogP contribution in [0.2, 0.25) is 15.1 Å². The van der Waals surface area contributed by atoms with E-state index in [-0.39, 0.29) is 5.78 Å². The molecule has 3 aromatic carbocycles. The molecule has 0 saturated carbocycles. The lowest BCUT2D eigenvalue weighted by Crippen LogP contribution is -2.42. The lowest BCUT2D eigenvalue weighted by Gasteiger charge is -2.26. The molecule has 3 rings (SSSR count). The molecule has 0 aliphatic rings. The summed E-state index contributed by atoms with van der Waals surface area (Å²) < 4.78 is 5.87. The molecular formula is C25H20Cl3NO3. The molecule has 3 aromatic rings. The van der Waals surface area contributed by atoms with Gasteiger partial charge >= 0.3 is 0 Å². The molecule has 0 spiro atoms. The van der Waals surface area contributed by atoms with E-state index >= 15 is 0 Å². The lowest BCUT2D eigenvalue weighted by molar-refractivity contribution is -0.128. The van der Waals surface area contributed by atoms with E-state index in [0.29, 0.717) is 32.1 Å². The number of rotatable bonds is 7. The van der Waals surface area contributed by atoms with Crippen molar-refractivity contribution in [3.63, 3.8) is 0 Å². The van der Waals surface area contributed by atoms with Crippen molar-refractivity contribution in [2.75, 3.05) is 5.32 Å². The van der Waals surface area contributed by atoms with E-state index in [2.05, 4.69) is 5.32 Å². The standard InChI is InChI=1S/C25H20Cl3NO3/c1-25(2,24(31)29-23-20(27)4-3-5-21(23)28)32-19-13-6-16(7-14-19)8-15-22(30)17-9-11-18(26)12-10-17/h3-15H,1-2H3,(H,29,31)/b15-8+. The van der Waals surface area contributed by atoms with Gasteiger partial charge in [-0.05, 0) is 74.0 Å². The van der Waals surface area contributed by atoms with Crippen LogP contribution < -0.4 is 10.1 Å². The largest absolute Gasteiger partial charge is 0.478 e. The van der Waals surface area contributed by atoms with Crippen molar-refractivity contribution in [3.05, 3.63) is 99.0 Å². The highest BCUT2D eigenvalue weighted by Gasteiger charge is 2.31. The maximum atomic E-state index is 12.7. The van der Waals surface area contributed by atoms with Gasteiger partial charge in [0, 0.05) is 10.6 Å². The fraction of sp³-hybridized carbons (Fsp3) is 0.120. The van der Waals surface area contributed by atoms with Gasteiger partial charge in [-0.2, -0.15) is 0 Å². The first-order valence-electron chi connectivity index (χ1n) is 9.68. The van der Waals surface area contributed by atoms with Gasteiger partial charge in [0.05, 0.1) is 15.7 Å². The summed E-state index contributed by atoms with van der Waals surface area (Å²) in [5.41, 5.74) is 0.509. The minimum atomic E-state index is -1.19. The number of carbonyl (C=O) groups is 2. The molecule has 0 fully saturated rings.